The minimum Gasteiger partial charge on any atom is -0.486 e. The van der Waals surface area contributed by atoms with E-state index >= 15 is 0 Å². The van der Waals surface area contributed by atoms with Crippen molar-refractivity contribution < 1.29 is 14.6 Å². The summed E-state index contributed by atoms with van der Waals surface area (Å²) in [5.74, 6) is 2.13. The topological polar surface area (TPSA) is 96.4 Å². The van der Waals surface area contributed by atoms with E-state index in [1.54, 1.807) is 17.5 Å². The summed E-state index contributed by atoms with van der Waals surface area (Å²) in [5, 5.41) is 17.5. The van der Waals surface area contributed by atoms with Crippen molar-refractivity contribution in [3.8, 4) is 16.9 Å². The van der Waals surface area contributed by atoms with Crippen LogP contribution in [0.25, 0.3) is 11.1 Å². The Morgan fingerprint density at radius 3 is 2.64 bits per heavy atom. The third-order valence-electron chi connectivity index (χ3n) is 7.31. The molecule has 0 spiro atoms. The van der Waals surface area contributed by atoms with E-state index in [0.29, 0.717) is 18.2 Å². The summed E-state index contributed by atoms with van der Waals surface area (Å²) >= 11 is 1.58. The van der Waals surface area contributed by atoms with Gasteiger partial charge in [-0.3, -0.25) is 4.79 Å². The van der Waals surface area contributed by atoms with Crippen molar-refractivity contribution in [1.29, 1.82) is 0 Å². The molecule has 2 fully saturated rings. The lowest BCUT2D eigenvalue weighted by atomic mass is 9.96. The molecule has 3 aliphatic carbocycles. The van der Waals surface area contributed by atoms with Gasteiger partial charge in [-0.25, -0.2) is 9.97 Å². The summed E-state index contributed by atoms with van der Waals surface area (Å²) in [4.78, 5) is 22.7. The summed E-state index contributed by atoms with van der Waals surface area (Å²) < 4.78 is 6.46. The van der Waals surface area contributed by atoms with Gasteiger partial charge in [0.15, 0.2) is 16.7 Å². The van der Waals surface area contributed by atoms with Gasteiger partial charge in [0.2, 0.25) is 5.91 Å². The van der Waals surface area contributed by atoms with Crippen molar-refractivity contribution in [2.45, 2.75) is 70.0 Å². The molecule has 0 radical (unpaired) electrons. The molecule has 2 saturated carbocycles. The Morgan fingerprint density at radius 1 is 1.08 bits per heavy atom. The fourth-order valence-electron chi connectivity index (χ4n) is 4.72. The largest absolute Gasteiger partial charge is 0.486 e. The van der Waals surface area contributed by atoms with E-state index in [-0.39, 0.29) is 12.0 Å². The van der Waals surface area contributed by atoms with Crippen LogP contribution in [-0.4, -0.2) is 33.6 Å². The Balaban J connectivity index is 1.24. The van der Waals surface area contributed by atoms with Gasteiger partial charge in [0, 0.05) is 23.2 Å². The zero-order chi connectivity index (χ0) is 24.5. The number of rotatable bonds is 9. The van der Waals surface area contributed by atoms with Gasteiger partial charge in [0.1, 0.15) is 0 Å². The normalized spacial score (nSPS) is 19.3. The Bertz CT molecular complexity index is 1230. The number of fused-ring (bicyclic) bond motifs is 1. The number of pyridine rings is 1. The number of nitrogens with zero attached hydrogens (tertiary/aromatic N) is 2. The molecule has 1 amide bonds. The monoisotopic (exact) mass is 504 g/mol. The SMILES string of the molecule is O=C(Cc1ccc(-c2ccnc(Nc3nc4c(s3)CCCC4O)c2OC2CCC2)cc1)NCC1CC1. The van der Waals surface area contributed by atoms with Gasteiger partial charge >= 0.3 is 0 Å². The molecule has 36 heavy (non-hydrogen) atoms. The molecule has 6 rings (SSSR count). The van der Waals surface area contributed by atoms with E-state index in [2.05, 4.69) is 32.7 Å². The van der Waals surface area contributed by atoms with Crippen molar-refractivity contribution in [3.05, 3.63) is 52.7 Å². The van der Waals surface area contributed by atoms with Crippen LogP contribution >= 0.6 is 11.3 Å². The van der Waals surface area contributed by atoms with Crippen molar-refractivity contribution in [1.82, 2.24) is 15.3 Å². The highest BCUT2D eigenvalue weighted by atomic mass is 32.1. The van der Waals surface area contributed by atoms with Crippen LogP contribution in [0.15, 0.2) is 36.5 Å². The molecule has 1 unspecified atom stereocenters. The molecular weight excluding hydrogens is 472 g/mol. The van der Waals surface area contributed by atoms with Gasteiger partial charge in [-0.05, 0) is 74.5 Å². The molecule has 7 nitrogen and oxygen atoms in total. The first-order valence-electron chi connectivity index (χ1n) is 13.1. The number of ether oxygens (including phenoxy) is 1. The lowest BCUT2D eigenvalue weighted by Crippen LogP contribution is -2.27. The maximum atomic E-state index is 12.3. The van der Waals surface area contributed by atoms with E-state index in [4.69, 9.17) is 4.74 Å². The number of aryl methyl sites for hydroxylation is 1. The van der Waals surface area contributed by atoms with Gasteiger partial charge < -0.3 is 20.5 Å². The quantitative estimate of drug-likeness (QED) is 0.365. The van der Waals surface area contributed by atoms with Crippen LogP contribution in [0.2, 0.25) is 0 Å². The second kappa shape index (κ2) is 10.2. The second-order valence-corrected chi connectivity index (χ2v) is 11.3. The average molecular weight is 505 g/mol. The molecule has 8 heteroatoms. The lowest BCUT2D eigenvalue weighted by molar-refractivity contribution is -0.120. The Labute approximate surface area is 215 Å². The molecule has 3 N–H and O–H groups in total. The number of benzene rings is 1. The fourth-order valence-corrected chi connectivity index (χ4v) is 5.78. The van der Waals surface area contributed by atoms with E-state index < -0.39 is 6.10 Å². The molecule has 0 aliphatic heterocycles. The van der Waals surface area contributed by atoms with Gasteiger partial charge in [-0.1, -0.05) is 24.3 Å². The summed E-state index contributed by atoms with van der Waals surface area (Å²) in [6.07, 6.45) is 10.3. The van der Waals surface area contributed by atoms with Crippen LogP contribution in [0.4, 0.5) is 10.9 Å². The lowest BCUT2D eigenvalue weighted by Gasteiger charge is -2.28. The zero-order valence-corrected chi connectivity index (χ0v) is 21.2. The van der Waals surface area contributed by atoms with Gasteiger partial charge in [-0.2, -0.15) is 0 Å². The second-order valence-electron chi connectivity index (χ2n) is 10.2. The third kappa shape index (κ3) is 5.25. The van der Waals surface area contributed by atoms with Crippen molar-refractivity contribution in [2.75, 3.05) is 11.9 Å². The summed E-state index contributed by atoms with van der Waals surface area (Å²) in [7, 11) is 0. The van der Waals surface area contributed by atoms with Crippen LogP contribution < -0.4 is 15.4 Å². The predicted molar refractivity (Wildman–Crippen MR) is 141 cm³/mol. The number of anilines is 2. The standard InChI is InChI=1S/C28H32N4O3S/c33-22-5-2-6-23-25(22)31-28(36-23)32-27-26(35-20-3-1-4-20)21(13-14-29-27)19-11-9-17(10-12-19)15-24(34)30-16-18-7-8-18/h9-14,18,20,22,33H,1-8,15-16H2,(H,30,34)(H,29,31,32). The molecule has 1 atom stereocenters. The number of carbonyl (C=O) groups is 1. The highest BCUT2D eigenvalue weighted by Crippen LogP contribution is 2.41. The average Bonchev–Trinajstić information content (AvgIpc) is 3.59. The minimum absolute atomic E-state index is 0.0790. The van der Waals surface area contributed by atoms with Crippen LogP contribution in [0.3, 0.4) is 0 Å². The number of aliphatic hydroxyl groups is 1. The Kier molecular flexibility index (Phi) is 6.63. The molecule has 0 bridgehead atoms. The Morgan fingerprint density at radius 2 is 1.92 bits per heavy atom. The van der Waals surface area contributed by atoms with E-state index in [0.717, 1.165) is 76.8 Å². The maximum Gasteiger partial charge on any atom is 0.224 e. The first-order valence-corrected chi connectivity index (χ1v) is 13.9. The molecule has 3 aromatic rings. The number of aliphatic hydroxyl groups excluding tert-OH is 1. The molecule has 3 aliphatic rings. The minimum atomic E-state index is -0.486. The first-order chi connectivity index (χ1) is 17.6. The molecular formula is C28H32N4O3S. The van der Waals surface area contributed by atoms with Crippen molar-refractivity contribution in [3.63, 3.8) is 0 Å². The van der Waals surface area contributed by atoms with Crippen molar-refractivity contribution >= 4 is 28.2 Å². The first kappa shape index (κ1) is 23.4. The molecule has 1 aromatic carbocycles. The number of hydrogen-bond donors (Lipinski definition) is 3. The highest BCUT2D eigenvalue weighted by molar-refractivity contribution is 7.15. The van der Waals surface area contributed by atoms with E-state index in [1.807, 2.05) is 18.2 Å². The maximum absolute atomic E-state index is 12.3. The third-order valence-corrected chi connectivity index (χ3v) is 8.35. The Hall–Kier alpha value is -2.97. The van der Waals surface area contributed by atoms with Crippen LogP contribution in [-0.2, 0) is 17.6 Å². The number of hydrogen-bond acceptors (Lipinski definition) is 7. The predicted octanol–water partition coefficient (Wildman–Crippen LogP) is 5.32. The van der Waals surface area contributed by atoms with Gasteiger partial charge in [0.05, 0.1) is 24.3 Å². The van der Waals surface area contributed by atoms with Crippen LogP contribution in [0.5, 0.6) is 5.75 Å². The van der Waals surface area contributed by atoms with E-state index in [1.165, 1.54) is 19.3 Å². The highest BCUT2D eigenvalue weighted by Gasteiger charge is 2.26. The van der Waals surface area contributed by atoms with Gasteiger partial charge in [0.25, 0.3) is 0 Å². The summed E-state index contributed by atoms with van der Waals surface area (Å²) in [6.45, 7) is 0.798. The molecule has 188 valence electrons. The molecule has 2 heterocycles. The number of aromatic nitrogens is 2. The fraction of sp³-hybridized carbons (Fsp3) is 0.464. The number of carbonyl (C=O) groups excluding carboxylic acids is 1. The van der Waals surface area contributed by atoms with E-state index in [9.17, 15) is 9.90 Å². The van der Waals surface area contributed by atoms with Crippen LogP contribution in [0.1, 0.15) is 67.2 Å². The number of amides is 1. The molecule has 2 aromatic heterocycles. The smallest absolute Gasteiger partial charge is 0.224 e. The van der Waals surface area contributed by atoms with Gasteiger partial charge in [-0.15, -0.1) is 11.3 Å². The summed E-state index contributed by atoms with van der Waals surface area (Å²) in [5.41, 5.74) is 3.77. The van der Waals surface area contributed by atoms with Crippen molar-refractivity contribution in [2.24, 2.45) is 5.92 Å². The number of thiazole rings is 1. The van der Waals surface area contributed by atoms with Crippen LogP contribution in [0, 0.1) is 5.92 Å². The number of nitrogens with one attached hydrogen (secondary N) is 2. The molecule has 0 saturated heterocycles. The summed E-state index contributed by atoms with van der Waals surface area (Å²) in [6, 6.07) is 10.1. The zero-order valence-electron chi connectivity index (χ0n) is 20.3.